The summed E-state index contributed by atoms with van der Waals surface area (Å²) >= 11 is 2.15. The molecule has 118 valence electrons. The Hall–Kier alpha value is -0.840. The highest BCUT2D eigenvalue weighted by molar-refractivity contribution is 7.99. The Morgan fingerprint density at radius 2 is 2.24 bits per heavy atom. The molecule has 1 atom stereocenters. The molecular weight excluding hydrogens is 336 g/mol. The lowest BCUT2D eigenvalue weighted by molar-refractivity contribution is -0.146. The molecule has 0 radical (unpaired) electrons. The van der Waals surface area contributed by atoms with Gasteiger partial charge in [0.05, 0.1) is 6.61 Å². The lowest BCUT2D eigenvalue weighted by atomic mass is 10.3. The molecule has 1 aliphatic heterocycles. The van der Waals surface area contributed by atoms with Crippen molar-refractivity contribution in [3.63, 3.8) is 0 Å². The fourth-order valence-corrected chi connectivity index (χ4v) is 6.28. The lowest BCUT2D eigenvalue weighted by Gasteiger charge is -2.32. The second-order valence-electron chi connectivity index (χ2n) is 4.39. The Bertz CT molecular complexity index is 678. The number of hydrogen-bond donors (Lipinski definition) is 1. The van der Waals surface area contributed by atoms with Gasteiger partial charge in [-0.15, -0.1) is 0 Å². The van der Waals surface area contributed by atoms with Crippen LogP contribution in [0.1, 0.15) is 12.6 Å². The standard InChI is InChI=1S/C11H16N2O5S3/c1-3-18-9(14)8-6-19-5-4-13(8)21(16,17)10-7(2)12-11(15)20-10/h8H,3-6H2,1-2H3,(H,12,15). The molecule has 0 amide bonds. The van der Waals surface area contributed by atoms with Gasteiger partial charge in [-0.25, -0.2) is 8.42 Å². The maximum atomic E-state index is 12.7. The first-order valence-corrected chi connectivity index (χ1v) is 9.75. The van der Waals surface area contributed by atoms with Gasteiger partial charge < -0.3 is 9.72 Å². The first kappa shape index (κ1) is 16.5. The molecule has 0 spiro atoms. The summed E-state index contributed by atoms with van der Waals surface area (Å²) in [7, 11) is -3.88. The minimum atomic E-state index is -3.88. The fourth-order valence-electron chi connectivity index (χ4n) is 2.04. The SMILES string of the molecule is CCOC(=O)C1CSCCN1S(=O)(=O)c1sc(=O)[nH]c1C. The summed E-state index contributed by atoms with van der Waals surface area (Å²) < 4.78 is 31.5. The number of nitrogens with one attached hydrogen (secondary N) is 1. The van der Waals surface area contributed by atoms with E-state index in [1.54, 1.807) is 6.92 Å². The van der Waals surface area contributed by atoms with Crippen molar-refractivity contribution in [1.82, 2.24) is 9.29 Å². The molecule has 21 heavy (non-hydrogen) atoms. The predicted octanol–water partition coefficient (Wildman–Crippen LogP) is 0.414. The predicted molar refractivity (Wildman–Crippen MR) is 81.3 cm³/mol. The van der Waals surface area contributed by atoms with Crippen LogP contribution in [0.4, 0.5) is 0 Å². The number of carbonyl (C=O) groups is 1. The van der Waals surface area contributed by atoms with E-state index in [4.69, 9.17) is 4.74 Å². The highest BCUT2D eigenvalue weighted by Crippen LogP contribution is 2.27. The van der Waals surface area contributed by atoms with E-state index in [-0.39, 0.29) is 17.4 Å². The average molecular weight is 352 g/mol. The molecule has 2 heterocycles. The number of rotatable bonds is 4. The Morgan fingerprint density at radius 1 is 1.52 bits per heavy atom. The van der Waals surface area contributed by atoms with Gasteiger partial charge in [0.25, 0.3) is 10.0 Å². The van der Waals surface area contributed by atoms with E-state index in [2.05, 4.69) is 4.98 Å². The van der Waals surface area contributed by atoms with Gasteiger partial charge in [0.2, 0.25) is 0 Å². The number of nitrogens with zero attached hydrogens (tertiary/aromatic N) is 1. The third-order valence-corrected chi connectivity index (χ3v) is 7.48. The topological polar surface area (TPSA) is 96.5 Å². The van der Waals surface area contributed by atoms with Crippen molar-refractivity contribution in [1.29, 1.82) is 0 Å². The number of aromatic amines is 1. The third-order valence-electron chi connectivity index (χ3n) is 2.96. The van der Waals surface area contributed by atoms with Crippen molar-refractivity contribution in [2.45, 2.75) is 24.1 Å². The number of aromatic nitrogens is 1. The Kier molecular flexibility index (Phi) is 5.12. The highest BCUT2D eigenvalue weighted by Gasteiger charge is 2.40. The quantitative estimate of drug-likeness (QED) is 0.789. The van der Waals surface area contributed by atoms with Gasteiger partial charge in [-0.1, -0.05) is 11.3 Å². The number of sulfonamides is 1. The summed E-state index contributed by atoms with van der Waals surface area (Å²) in [6.45, 7) is 3.63. The van der Waals surface area contributed by atoms with E-state index in [9.17, 15) is 18.0 Å². The van der Waals surface area contributed by atoms with Crippen LogP contribution in [0.15, 0.2) is 9.00 Å². The number of thioether (sulfide) groups is 1. The first-order valence-electron chi connectivity index (χ1n) is 6.34. The second kappa shape index (κ2) is 6.51. The molecule has 1 aliphatic rings. The Balaban J connectivity index is 2.38. The van der Waals surface area contributed by atoms with Crippen molar-refractivity contribution in [3.8, 4) is 0 Å². The van der Waals surface area contributed by atoms with Gasteiger partial charge in [0.15, 0.2) is 4.21 Å². The number of ether oxygens (including phenoxy) is 1. The molecule has 1 unspecified atom stereocenters. The van der Waals surface area contributed by atoms with Crippen molar-refractivity contribution >= 4 is 39.1 Å². The molecule has 0 bridgehead atoms. The van der Waals surface area contributed by atoms with Crippen molar-refractivity contribution in [3.05, 3.63) is 15.4 Å². The van der Waals surface area contributed by atoms with Crippen LogP contribution in [-0.2, 0) is 19.6 Å². The summed E-state index contributed by atoms with van der Waals surface area (Å²) in [5, 5.41) is 0. The number of carbonyl (C=O) groups excluding carboxylic acids is 1. The molecule has 7 nitrogen and oxygen atoms in total. The van der Waals surface area contributed by atoms with Crippen LogP contribution < -0.4 is 4.87 Å². The molecule has 1 aromatic heterocycles. The largest absolute Gasteiger partial charge is 0.465 e. The third kappa shape index (κ3) is 3.33. The van der Waals surface area contributed by atoms with Crippen LogP contribution in [0, 0.1) is 6.92 Å². The highest BCUT2D eigenvalue weighted by atomic mass is 32.2. The molecular formula is C11H16N2O5S3. The average Bonchev–Trinajstić information content (AvgIpc) is 2.79. The zero-order chi connectivity index (χ0) is 15.6. The molecule has 0 aliphatic carbocycles. The number of esters is 1. The van der Waals surface area contributed by atoms with Gasteiger partial charge in [-0.05, 0) is 13.8 Å². The van der Waals surface area contributed by atoms with Gasteiger partial charge in [0, 0.05) is 23.7 Å². The molecule has 2 rings (SSSR count). The second-order valence-corrected chi connectivity index (χ2v) is 8.60. The van der Waals surface area contributed by atoms with Crippen LogP contribution in [0.25, 0.3) is 0 Å². The molecule has 1 aromatic rings. The van der Waals surface area contributed by atoms with E-state index in [0.29, 0.717) is 28.5 Å². The zero-order valence-electron chi connectivity index (χ0n) is 11.6. The van der Waals surface area contributed by atoms with E-state index in [0.717, 1.165) is 4.31 Å². The number of aryl methyl sites for hydroxylation is 1. The summed E-state index contributed by atoms with van der Waals surface area (Å²) in [4.78, 5) is 25.3. The summed E-state index contributed by atoms with van der Waals surface area (Å²) in [6.07, 6.45) is 0. The molecule has 0 saturated carbocycles. The lowest BCUT2D eigenvalue weighted by Crippen LogP contribution is -2.50. The van der Waals surface area contributed by atoms with Gasteiger partial charge in [-0.2, -0.15) is 16.1 Å². The van der Waals surface area contributed by atoms with E-state index in [1.807, 2.05) is 0 Å². The minimum Gasteiger partial charge on any atom is -0.465 e. The van der Waals surface area contributed by atoms with Gasteiger partial charge in [0.1, 0.15) is 6.04 Å². The monoisotopic (exact) mass is 352 g/mol. The van der Waals surface area contributed by atoms with Gasteiger partial charge >= 0.3 is 10.8 Å². The number of H-pyrrole nitrogens is 1. The maximum Gasteiger partial charge on any atom is 0.325 e. The summed E-state index contributed by atoms with van der Waals surface area (Å²) in [6, 6.07) is -0.842. The van der Waals surface area contributed by atoms with E-state index < -0.39 is 26.9 Å². The first-order chi connectivity index (χ1) is 9.87. The van der Waals surface area contributed by atoms with Crippen LogP contribution in [0.3, 0.4) is 0 Å². The molecule has 1 saturated heterocycles. The van der Waals surface area contributed by atoms with Crippen LogP contribution in [0.2, 0.25) is 0 Å². The maximum absolute atomic E-state index is 12.7. The smallest absolute Gasteiger partial charge is 0.325 e. The summed E-state index contributed by atoms with van der Waals surface area (Å²) in [5.41, 5.74) is 0.297. The van der Waals surface area contributed by atoms with E-state index >= 15 is 0 Å². The van der Waals surface area contributed by atoms with Gasteiger partial charge in [-0.3, -0.25) is 9.59 Å². The number of hydrogen-bond acceptors (Lipinski definition) is 7. The fraction of sp³-hybridized carbons (Fsp3) is 0.636. The zero-order valence-corrected chi connectivity index (χ0v) is 14.1. The Labute approximate surface area is 130 Å². The molecule has 1 fully saturated rings. The van der Waals surface area contributed by atoms with Crippen LogP contribution in [-0.4, -0.2) is 54.4 Å². The van der Waals surface area contributed by atoms with Crippen LogP contribution in [0.5, 0.6) is 0 Å². The molecule has 10 heteroatoms. The normalized spacial score (nSPS) is 20.4. The van der Waals surface area contributed by atoms with E-state index in [1.165, 1.54) is 18.7 Å². The van der Waals surface area contributed by atoms with Crippen molar-refractivity contribution < 1.29 is 17.9 Å². The van der Waals surface area contributed by atoms with Crippen molar-refractivity contribution in [2.75, 3.05) is 24.7 Å². The number of thiazole rings is 1. The van der Waals surface area contributed by atoms with Crippen molar-refractivity contribution in [2.24, 2.45) is 0 Å². The summed E-state index contributed by atoms with van der Waals surface area (Å²) in [5.74, 6) is 0.415. The van der Waals surface area contributed by atoms with Crippen LogP contribution >= 0.6 is 23.1 Å². The Morgan fingerprint density at radius 3 is 2.81 bits per heavy atom. The minimum absolute atomic E-state index is 0.0336. The molecule has 0 aromatic carbocycles. The molecule has 1 N–H and O–H groups in total.